The van der Waals surface area contributed by atoms with E-state index in [1.54, 1.807) is 0 Å². The maximum atomic E-state index is 5.86. The fourth-order valence-corrected chi connectivity index (χ4v) is 3.67. The second-order valence-corrected chi connectivity index (χ2v) is 7.41. The molecule has 0 N–H and O–H groups in total. The number of rotatable bonds is 3. The molecule has 0 radical (unpaired) electrons. The van der Waals surface area contributed by atoms with Crippen LogP contribution in [0.1, 0.15) is 11.1 Å². The first-order valence-corrected chi connectivity index (χ1v) is 7.69. The summed E-state index contributed by atoms with van der Waals surface area (Å²) in [4.78, 5) is 0. The molecule has 0 amide bonds. The number of halogens is 1. The first-order valence-electron chi connectivity index (χ1n) is 5.19. The van der Waals surface area contributed by atoms with E-state index in [0.29, 0.717) is 0 Å². The van der Waals surface area contributed by atoms with E-state index in [9.17, 15) is 0 Å². The number of benzene rings is 2. The molecule has 0 saturated carbocycles. The quantitative estimate of drug-likeness (QED) is 0.616. The topological polar surface area (TPSA) is 0 Å². The summed E-state index contributed by atoms with van der Waals surface area (Å²) >= 11 is 11.5. The Hall–Kier alpha value is -0.661. The van der Waals surface area contributed by atoms with Crippen LogP contribution in [0.25, 0.3) is 0 Å². The molecule has 0 aliphatic rings. The zero-order valence-electron chi connectivity index (χ0n) is 9.31. The first kappa shape index (κ1) is 12.8. The second kappa shape index (κ2) is 5.79. The fraction of sp³-hybridized carbons (Fsp3) is 0.0714. The summed E-state index contributed by atoms with van der Waals surface area (Å²) in [6.45, 7) is 2.08. The van der Waals surface area contributed by atoms with Gasteiger partial charge in [-0.15, -0.1) is 0 Å². The van der Waals surface area contributed by atoms with Crippen LogP contribution in [0, 0.1) is 6.92 Å². The van der Waals surface area contributed by atoms with Crippen molar-refractivity contribution in [2.75, 3.05) is 0 Å². The molecule has 0 saturated heterocycles. The van der Waals surface area contributed by atoms with Crippen LogP contribution in [0.5, 0.6) is 0 Å². The van der Waals surface area contributed by atoms with Crippen molar-refractivity contribution in [3.63, 3.8) is 0 Å². The van der Waals surface area contributed by atoms with Gasteiger partial charge in [0.1, 0.15) is 0 Å². The molecule has 2 rings (SSSR count). The van der Waals surface area contributed by atoms with E-state index in [-0.39, 0.29) is 15.0 Å². The van der Waals surface area contributed by atoms with Crippen LogP contribution in [0.4, 0.5) is 0 Å². The summed E-state index contributed by atoms with van der Waals surface area (Å²) in [5.41, 5.74) is 2.41. The van der Waals surface area contributed by atoms with Gasteiger partial charge in [0, 0.05) is 0 Å². The molecule has 0 aliphatic carbocycles. The molecule has 2 aromatic rings. The van der Waals surface area contributed by atoms with Gasteiger partial charge in [0.15, 0.2) is 0 Å². The van der Waals surface area contributed by atoms with Gasteiger partial charge in [-0.05, 0) is 0 Å². The van der Waals surface area contributed by atoms with Crippen LogP contribution >= 0.6 is 23.8 Å². The maximum absolute atomic E-state index is 5.86. The third kappa shape index (κ3) is 3.65. The van der Waals surface area contributed by atoms with Crippen LogP contribution in [-0.4, -0.2) is 18.7 Å². The Morgan fingerprint density at radius 1 is 1.00 bits per heavy atom. The first-order chi connectivity index (χ1) is 8.15. The van der Waals surface area contributed by atoms with Crippen molar-refractivity contribution in [2.24, 2.45) is 0 Å². The summed E-state index contributed by atoms with van der Waals surface area (Å²) in [7, 11) is 0. The van der Waals surface area contributed by atoms with Crippen molar-refractivity contribution in [1.82, 2.24) is 0 Å². The van der Waals surface area contributed by atoms with Gasteiger partial charge in [0.05, 0.1) is 0 Å². The SMILES string of the molecule is Cc1ccc(C(=S)[Se]c2ccc(Cl)cc2)cc1. The van der Waals surface area contributed by atoms with Crippen LogP contribution in [-0.2, 0) is 0 Å². The molecule has 0 heterocycles. The summed E-state index contributed by atoms with van der Waals surface area (Å²) in [6.07, 6.45) is 0. The Bertz CT molecular complexity index is 517. The fourth-order valence-electron chi connectivity index (χ4n) is 1.36. The van der Waals surface area contributed by atoms with E-state index in [1.165, 1.54) is 10.0 Å². The minimum absolute atomic E-state index is 0.190. The third-order valence-corrected chi connectivity index (χ3v) is 5.18. The predicted octanol–water partition coefficient (Wildman–Crippen LogP) is 3.35. The zero-order valence-corrected chi connectivity index (χ0v) is 12.6. The third-order valence-electron chi connectivity index (χ3n) is 2.31. The second-order valence-electron chi connectivity index (χ2n) is 3.71. The van der Waals surface area contributed by atoms with Gasteiger partial charge in [-0.1, -0.05) is 0 Å². The summed E-state index contributed by atoms with van der Waals surface area (Å²) in [5.74, 6) is 0. The molecule has 17 heavy (non-hydrogen) atoms. The van der Waals surface area contributed by atoms with Gasteiger partial charge in [0.25, 0.3) is 0 Å². The van der Waals surface area contributed by atoms with Crippen molar-refractivity contribution >= 4 is 47.0 Å². The molecule has 0 aliphatic heterocycles. The normalized spacial score (nSPS) is 10.2. The Kier molecular flexibility index (Phi) is 4.36. The van der Waals surface area contributed by atoms with Gasteiger partial charge in [-0.2, -0.15) is 0 Å². The van der Waals surface area contributed by atoms with Crippen molar-refractivity contribution in [1.29, 1.82) is 0 Å². The molecule has 0 atom stereocenters. The van der Waals surface area contributed by atoms with Crippen molar-refractivity contribution in [3.05, 3.63) is 64.7 Å². The number of hydrogen-bond acceptors (Lipinski definition) is 1. The average Bonchev–Trinajstić information content (AvgIpc) is 2.33. The van der Waals surface area contributed by atoms with E-state index in [1.807, 2.05) is 24.3 Å². The number of hydrogen-bond donors (Lipinski definition) is 0. The van der Waals surface area contributed by atoms with Gasteiger partial charge >= 0.3 is 119 Å². The van der Waals surface area contributed by atoms with E-state index in [2.05, 4.69) is 31.2 Å². The van der Waals surface area contributed by atoms with Crippen molar-refractivity contribution < 1.29 is 0 Å². The van der Waals surface area contributed by atoms with E-state index in [0.717, 1.165) is 14.3 Å². The molecule has 2 aromatic carbocycles. The Morgan fingerprint density at radius 2 is 1.59 bits per heavy atom. The molecule has 0 aromatic heterocycles. The standard InChI is InChI=1S/C14H11ClSSe/c1-10-2-4-11(5-3-10)14(16)17-13-8-6-12(15)7-9-13/h2-9H,1H3. The van der Waals surface area contributed by atoms with Crippen molar-refractivity contribution in [2.45, 2.75) is 6.92 Å². The van der Waals surface area contributed by atoms with Crippen molar-refractivity contribution in [3.8, 4) is 0 Å². The molecule has 3 heteroatoms. The number of thiocarbonyl (C=S) groups is 1. The summed E-state index contributed by atoms with van der Waals surface area (Å²) in [5, 5.41) is 0.769. The van der Waals surface area contributed by atoms with E-state index < -0.39 is 0 Å². The summed E-state index contributed by atoms with van der Waals surface area (Å²) < 4.78 is 2.28. The Labute approximate surface area is 118 Å². The van der Waals surface area contributed by atoms with Crippen LogP contribution < -0.4 is 4.46 Å². The number of aryl methyl sites for hydroxylation is 1. The monoisotopic (exact) mass is 326 g/mol. The van der Waals surface area contributed by atoms with E-state index in [4.69, 9.17) is 23.8 Å². The molecular weight excluding hydrogens is 315 g/mol. The van der Waals surface area contributed by atoms with Gasteiger partial charge < -0.3 is 0 Å². The molecule has 0 nitrogen and oxygen atoms in total. The van der Waals surface area contributed by atoms with Crippen LogP contribution in [0.15, 0.2) is 48.5 Å². The predicted molar refractivity (Wildman–Crippen MR) is 79.7 cm³/mol. The zero-order chi connectivity index (χ0) is 12.3. The summed E-state index contributed by atoms with van der Waals surface area (Å²) in [6, 6.07) is 16.3. The minimum atomic E-state index is 0.190. The average molecular weight is 326 g/mol. The molecule has 0 fully saturated rings. The van der Waals surface area contributed by atoms with Gasteiger partial charge in [-0.25, -0.2) is 0 Å². The molecule has 0 spiro atoms. The van der Waals surface area contributed by atoms with Gasteiger partial charge in [0.2, 0.25) is 0 Å². The Balaban J connectivity index is 2.11. The van der Waals surface area contributed by atoms with Crippen LogP contribution in [0.2, 0.25) is 5.02 Å². The van der Waals surface area contributed by atoms with Gasteiger partial charge in [-0.3, -0.25) is 0 Å². The molecule has 0 unspecified atom stereocenters. The molecule has 86 valence electrons. The molecular formula is C14H11ClSSe. The Morgan fingerprint density at radius 3 is 2.18 bits per heavy atom. The van der Waals surface area contributed by atoms with E-state index >= 15 is 0 Å². The van der Waals surface area contributed by atoms with Crippen LogP contribution in [0.3, 0.4) is 0 Å². The molecule has 0 bridgehead atoms.